The average Bonchev–Trinajstić information content (AvgIpc) is 2.60. The first-order valence-corrected chi connectivity index (χ1v) is 5.80. The van der Waals surface area contributed by atoms with Crippen LogP contribution in [0.15, 0.2) is 12.4 Å². The van der Waals surface area contributed by atoms with Gasteiger partial charge in [-0.2, -0.15) is 5.10 Å². The van der Waals surface area contributed by atoms with Crippen LogP contribution in [0.5, 0.6) is 0 Å². The Labute approximate surface area is 91.1 Å². The normalized spacial score (nSPS) is 30.6. The first-order valence-electron chi connectivity index (χ1n) is 5.80. The van der Waals surface area contributed by atoms with Crippen molar-refractivity contribution in [3.8, 4) is 0 Å². The van der Waals surface area contributed by atoms with Crippen LogP contribution in [-0.2, 0) is 12.1 Å². The third-order valence-corrected chi connectivity index (χ3v) is 3.64. The average molecular weight is 208 g/mol. The Kier molecular flexibility index (Phi) is 2.59. The smallest absolute Gasteiger partial charge is 0.0932 e. The molecule has 0 bridgehead atoms. The second-order valence-corrected chi connectivity index (χ2v) is 5.03. The summed E-state index contributed by atoms with van der Waals surface area (Å²) in [5.74, 6) is 1.34. The summed E-state index contributed by atoms with van der Waals surface area (Å²) >= 11 is 0. The van der Waals surface area contributed by atoms with Gasteiger partial charge in [-0.3, -0.25) is 4.68 Å². The molecule has 1 saturated carbocycles. The predicted octanol–water partition coefficient (Wildman–Crippen LogP) is 2.16. The molecule has 0 atom stereocenters. The molecule has 0 saturated heterocycles. The molecule has 1 aliphatic rings. The Morgan fingerprint density at radius 3 is 2.73 bits per heavy atom. The molecule has 0 unspecified atom stereocenters. The van der Waals surface area contributed by atoms with Crippen LogP contribution in [0.25, 0.3) is 0 Å². The molecule has 3 nitrogen and oxygen atoms in total. The van der Waals surface area contributed by atoms with E-state index in [1.807, 2.05) is 10.9 Å². The summed E-state index contributed by atoms with van der Waals surface area (Å²) < 4.78 is 1.87. The van der Waals surface area contributed by atoms with Gasteiger partial charge in [-0.25, -0.2) is 0 Å². The van der Waals surface area contributed by atoms with Crippen LogP contribution in [-0.4, -0.2) is 14.9 Å². The Morgan fingerprint density at radius 1 is 1.60 bits per heavy atom. The molecular weight excluding hydrogens is 188 g/mol. The molecule has 0 aliphatic heterocycles. The fourth-order valence-corrected chi connectivity index (χ4v) is 2.29. The highest BCUT2D eigenvalue weighted by atomic mass is 16.3. The summed E-state index contributed by atoms with van der Waals surface area (Å²) in [7, 11) is 0. The van der Waals surface area contributed by atoms with Crippen molar-refractivity contribution >= 4 is 0 Å². The maximum absolute atomic E-state index is 10.4. The van der Waals surface area contributed by atoms with E-state index in [1.165, 1.54) is 0 Å². The lowest BCUT2D eigenvalue weighted by Gasteiger charge is -2.45. The van der Waals surface area contributed by atoms with E-state index >= 15 is 0 Å². The topological polar surface area (TPSA) is 38.0 Å². The summed E-state index contributed by atoms with van der Waals surface area (Å²) in [6.07, 6.45) is 5.55. The summed E-state index contributed by atoms with van der Waals surface area (Å²) in [5, 5.41) is 14.6. The lowest BCUT2D eigenvalue weighted by molar-refractivity contribution is -0.0934. The fraction of sp³-hybridized carbons (Fsp3) is 0.750. The quantitative estimate of drug-likeness (QED) is 0.826. The largest absolute Gasteiger partial charge is 0.385 e. The summed E-state index contributed by atoms with van der Waals surface area (Å²) in [5.41, 5.74) is 0.392. The standard InChI is InChI=1S/C12H20N2O/c1-4-14-8-11(7-13-14)12(15)5-10(6-12)9(2)3/h7-10,15H,4-6H2,1-3H3. The lowest BCUT2D eigenvalue weighted by atomic mass is 9.64. The fourth-order valence-electron chi connectivity index (χ4n) is 2.29. The minimum absolute atomic E-state index is 0.595. The van der Waals surface area contributed by atoms with Crippen LogP contribution in [0.2, 0.25) is 0 Å². The molecule has 0 aromatic carbocycles. The van der Waals surface area contributed by atoms with Crippen LogP contribution in [0.4, 0.5) is 0 Å². The van der Waals surface area contributed by atoms with Gasteiger partial charge >= 0.3 is 0 Å². The van der Waals surface area contributed by atoms with Gasteiger partial charge in [0.05, 0.1) is 11.8 Å². The number of rotatable bonds is 3. The van der Waals surface area contributed by atoms with E-state index in [0.717, 1.165) is 24.9 Å². The van der Waals surface area contributed by atoms with Gasteiger partial charge in [0, 0.05) is 18.3 Å². The number of nitrogens with zero attached hydrogens (tertiary/aromatic N) is 2. The van der Waals surface area contributed by atoms with Gasteiger partial charge in [-0.15, -0.1) is 0 Å². The van der Waals surface area contributed by atoms with Crippen molar-refractivity contribution in [2.45, 2.75) is 45.8 Å². The molecule has 1 aromatic rings. The Hall–Kier alpha value is -0.830. The monoisotopic (exact) mass is 208 g/mol. The maximum atomic E-state index is 10.4. The predicted molar refractivity (Wildman–Crippen MR) is 59.4 cm³/mol. The highest BCUT2D eigenvalue weighted by molar-refractivity contribution is 5.19. The van der Waals surface area contributed by atoms with Gasteiger partial charge in [0.1, 0.15) is 0 Å². The summed E-state index contributed by atoms with van der Waals surface area (Å²) in [4.78, 5) is 0. The Bertz CT molecular complexity index is 337. The summed E-state index contributed by atoms with van der Waals surface area (Å²) in [6, 6.07) is 0. The zero-order valence-electron chi connectivity index (χ0n) is 9.77. The molecule has 0 radical (unpaired) electrons. The number of hydrogen-bond donors (Lipinski definition) is 1. The number of hydrogen-bond acceptors (Lipinski definition) is 2. The molecule has 0 amide bonds. The van der Waals surface area contributed by atoms with Crippen molar-refractivity contribution in [3.63, 3.8) is 0 Å². The zero-order chi connectivity index (χ0) is 11.1. The van der Waals surface area contributed by atoms with E-state index in [0.29, 0.717) is 11.8 Å². The van der Waals surface area contributed by atoms with Crippen LogP contribution >= 0.6 is 0 Å². The molecule has 1 N–H and O–H groups in total. The highest BCUT2D eigenvalue weighted by Crippen LogP contribution is 2.48. The number of aliphatic hydroxyl groups is 1. The van der Waals surface area contributed by atoms with Gasteiger partial charge in [0.15, 0.2) is 0 Å². The summed E-state index contributed by atoms with van der Waals surface area (Å²) in [6.45, 7) is 7.36. The molecular formula is C12H20N2O. The van der Waals surface area contributed by atoms with E-state index in [1.54, 1.807) is 6.20 Å². The SMILES string of the molecule is CCn1cc(C2(O)CC(C(C)C)C2)cn1. The minimum atomic E-state index is -0.595. The number of aryl methyl sites for hydroxylation is 1. The third-order valence-electron chi connectivity index (χ3n) is 3.64. The minimum Gasteiger partial charge on any atom is -0.385 e. The zero-order valence-corrected chi connectivity index (χ0v) is 9.77. The second kappa shape index (κ2) is 3.63. The highest BCUT2D eigenvalue weighted by Gasteiger charge is 2.45. The van der Waals surface area contributed by atoms with Crippen molar-refractivity contribution in [3.05, 3.63) is 18.0 Å². The first kappa shape index (κ1) is 10.7. The van der Waals surface area contributed by atoms with Gasteiger partial charge in [0.25, 0.3) is 0 Å². The van der Waals surface area contributed by atoms with Crippen LogP contribution in [0.1, 0.15) is 39.2 Å². The molecule has 1 aliphatic carbocycles. The van der Waals surface area contributed by atoms with Crippen molar-refractivity contribution in [2.24, 2.45) is 11.8 Å². The van der Waals surface area contributed by atoms with Crippen LogP contribution in [0, 0.1) is 11.8 Å². The van der Waals surface area contributed by atoms with Crippen molar-refractivity contribution in [1.82, 2.24) is 9.78 Å². The van der Waals surface area contributed by atoms with Gasteiger partial charge in [-0.05, 0) is 31.6 Å². The van der Waals surface area contributed by atoms with E-state index in [4.69, 9.17) is 0 Å². The van der Waals surface area contributed by atoms with Crippen molar-refractivity contribution in [2.75, 3.05) is 0 Å². The second-order valence-electron chi connectivity index (χ2n) is 5.03. The van der Waals surface area contributed by atoms with E-state index in [9.17, 15) is 5.11 Å². The van der Waals surface area contributed by atoms with Crippen molar-refractivity contribution in [1.29, 1.82) is 0 Å². The van der Waals surface area contributed by atoms with Gasteiger partial charge < -0.3 is 5.11 Å². The van der Waals surface area contributed by atoms with Crippen LogP contribution in [0.3, 0.4) is 0 Å². The first-order chi connectivity index (χ1) is 7.05. The third kappa shape index (κ3) is 1.81. The molecule has 84 valence electrons. The van der Waals surface area contributed by atoms with Gasteiger partial charge in [-0.1, -0.05) is 13.8 Å². The van der Waals surface area contributed by atoms with Crippen molar-refractivity contribution < 1.29 is 5.11 Å². The number of aromatic nitrogens is 2. The Balaban J connectivity index is 2.06. The van der Waals surface area contributed by atoms with E-state index in [2.05, 4.69) is 25.9 Å². The molecule has 1 heterocycles. The van der Waals surface area contributed by atoms with E-state index < -0.39 is 5.60 Å². The van der Waals surface area contributed by atoms with Gasteiger partial charge in [0.2, 0.25) is 0 Å². The molecule has 1 fully saturated rings. The molecule has 2 rings (SSSR count). The maximum Gasteiger partial charge on any atom is 0.0932 e. The lowest BCUT2D eigenvalue weighted by Crippen LogP contribution is -2.42. The molecule has 0 spiro atoms. The molecule has 3 heteroatoms. The van der Waals surface area contributed by atoms with E-state index in [-0.39, 0.29) is 0 Å². The molecule has 1 aromatic heterocycles. The molecule has 15 heavy (non-hydrogen) atoms. The van der Waals surface area contributed by atoms with Crippen LogP contribution < -0.4 is 0 Å². The Morgan fingerprint density at radius 2 is 2.27 bits per heavy atom.